The zero-order chi connectivity index (χ0) is 13.5. The molecule has 0 aliphatic carbocycles. The summed E-state index contributed by atoms with van der Waals surface area (Å²) in [6, 6.07) is 5.69. The lowest BCUT2D eigenvalue weighted by atomic mass is 10.2. The van der Waals surface area contributed by atoms with Crippen LogP contribution in [0.1, 0.15) is 12.5 Å². The fraction of sp³-hybridized carbons (Fsp3) is 0.273. The molecule has 0 saturated heterocycles. The third-order valence-electron chi connectivity index (χ3n) is 2.06. The smallest absolute Gasteiger partial charge is 0.325 e. The van der Waals surface area contributed by atoms with E-state index in [-0.39, 0.29) is 24.4 Å². The summed E-state index contributed by atoms with van der Waals surface area (Å²) in [5.41, 5.74) is 0.123. The number of esters is 1. The topological polar surface area (TPSA) is 105 Å². The molecule has 1 aromatic carbocycles. The number of hydrogen-bond donors (Lipinski definition) is 1. The second-order valence-electron chi connectivity index (χ2n) is 3.26. The molecular formula is C11H11N3O4. The predicted octanol–water partition coefficient (Wildman–Crippen LogP) is 1.44. The summed E-state index contributed by atoms with van der Waals surface area (Å²) in [6.45, 7) is 1.91. The highest BCUT2D eigenvalue weighted by Crippen LogP contribution is 2.21. The average molecular weight is 249 g/mol. The normalized spacial score (nSPS) is 9.33. The zero-order valence-corrected chi connectivity index (χ0v) is 9.67. The number of nitriles is 1. The van der Waals surface area contributed by atoms with Crippen LogP contribution < -0.4 is 5.32 Å². The summed E-state index contributed by atoms with van der Waals surface area (Å²) in [7, 11) is 0. The maximum atomic E-state index is 11.1. The van der Waals surface area contributed by atoms with Gasteiger partial charge in [0.15, 0.2) is 0 Å². The molecule has 94 valence electrons. The maximum Gasteiger partial charge on any atom is 0.325 e. The van der Waals surface area contributed by atoms with Gasteiger partial charge >= 0.3 is 5.97 Å². The van der Waals surface area contributed by atoms with Crippen molar-refractivity contribution >= 4 is 17.3 Å². The predicted molar refractivity (Wildman–Crippen MR) is 62.9 cm³/mol. The fourth-order valence-corrected chi connectivity index (χ4v) is 1.28. The van der Waals surface area contributed by atoms with Crippen molar-refractivity contribution in [1.82, 2.24) is 0 Å². The van der Waals surface area contributed by atoms with E-state index in [4.69, 9.17) is 10.00 Å². The van der Waals surface area contributed by atoms with Crippen LogP contribution >= 0.6 is 0 Å². The summed E-state index contributed by atoms with van der Waals surface area (Å²) < 4.78 is 4.71. The van der Waals surface area contributed by atoms with Gasteiger partial charge in [-0.25, -0.2) is 0 Å². The molecule has 1 aromatic rings. The molecule has 0 aliphatic rings. The van der Waals surface area contributed by atoms with E-state index in [1.165, 1.54) is 18.2 Å². The number of carbonyl (C=O) groups excluding carboxylic acids is 1. The van der Waals surface area contributed by atoms with Crippen molar-refractivity contribution < 1.29 is 14.5 Å². The van der Waals surface area contributed by atoms with Crippen LogP contribution in [-0.2, 0) is 9.53 Å². The number of hydrogen-bond acceptors (Lipinski definition) is 6. The minimum atomic E-state index is -0.631. The monoisotopic (exact) mass is 249 g/mol. The van der Waals surface area contributed by atoms with Gasteiger partial charge in [0.1, 0.15) is 18.2 Å². The molecule has 0 heterocycles. The van der Waals surface area contributed by atoms with E-state index in [9.17, 15) is 14.9 Å². The molecule has 0 saturated carbocycles. The van der Waals surface area contributed by atoms with Gasteiger partial charge in [0.05, 0.1) is 11.5 Å². The van der Waals surface area contributed by atoms with Gasteiger partial charge in [-0.05, 0) is 19.1 Å². The molecule has 0 aromatic heterocycles. The lowest BCUT2D eigenvalue weighted by molar-refractivity contribution is -0.385. The Bertz CT molecular complexity index is 508. The number of nitro benzene ring substituents is 1. The van der Waals surface area contributed by atoms with E-state index < -0.39 is 10.9 Å². The van der Waals surface area contributed by atoms with Crippen molar-refractivity contribution in [3.63, 3.8) is 0 Å². The van der Waals surface area contributed by atoms with Gasteiger partial charge in [0.2, 0.25) is 0 Å². The number of ether oxygens (including phenoxy) is 1. The first-order chi connectivity index (χ1) is 8.58. The first-order valence-electron chi connectivity index (χ1n) is 5.16. The van der Waals surface area contributed by atoms with Crippen molar-refractivity contribution in [3.8, 4) is 6.07 Å². The van der Waals surface area contributed by atoms with E-state index in [0.717, 1.165) is 0 Å². The molecule has 0 radical (unpaired) electrons. The molecule has 0 fully saturated rings. The summed E-state index contributed by atoms with van der Waals surface area (Å²) >= 11 is 0. The van der Waals surface area contributed by atoms with Crippen LogP contribution in [0.5, 0.6) is 0 Å². The van der Waals surface area contributed by atoms with Crippen molar-refractivity contribution in [2.45, 2.75) is 6.92 Å². The number of benzene rings is 1. The molecule has 0 atom stereocenters. The largest absolute Gasteiger partial charge is 0.465 e. The third-order valence-corrected chi connectivity index (χ3v) is 2.06. The zero-order valence-electron chi connectivity index (χ0n) is 9.67. The van der Waals surface area contributed by atoms with Gasteiger partial charge < -0.3 is 10.1 Å². The highest BCUT2D eigenvalue weighted by Gasteiger charge is 2.13. The van der Waals surface area contributed by atoms with Gasteiger partial charge in [0.25, 0.3) is 5.69 Å². The number of nitro groups is 1. The molecule has 7 nitrogen and oxygen atoms in total. The van der Waals surface area contributed by atoms with Crippen LogP contribution in [0.3, 0.4) is 0 Å². The summed E-state index contributed by atoms with van der Waals surface area (Å²) in [6.07, 6.45) is 0. The number of rotatable bonds is 5. The quantitative estimate of drug-likeness (QED) is 0.481. The van der Waals surface area contributed by atoms with Crippen LogP contribution in [0, 0.1) is 21.4 Å². The highest BCUT2D eigenvalue weighted by atomic mass is 16.6. The number of nitrogens with zero attached hydrogens (tertiary/aromatic N) is 2. The van der Waals surface area contributed by atoms with Gasteiger partial charge in [-0.2, -0.15) is 5.26 Å². The molecule has 18 heavy (non-hydrogen) atoms. The van der Waals surface area contributed by atoms with Crippen molar-refractivity contribution in [3.05, 3.63) is 33.9 Å². The molecule has 0 aliphatic heterocycles. The van der Waals surface area contributed by atoms with E-state index in [2.05, 4.69) is 5.32 Å². The number of nitrogens with one attached hydrogen (secondary N) is 1. The fourth-order valence-electron chi connectivity index (χ4n) is 1.28. The second-order valence-corrected chi connectivity index (χ2v) is 3.26. The van der Waals surface area contributed by atoms with Crippen LogP contribution in [0.15, 0.2) is 18.2 Å². The molecule has 7 heteroatoms. The minimum Gasteiger partial charge on any atom is -0.465 e. The van der Waals surface area contributed by atoms with Gasteiger partial charge in [-0.3, -0.25) is 14.9 Å². The molecule has 0 bridgehead atoms. The van der Waals surface area contributed by atoms with E-state index in [1.54, 1.807) is 13.0 Å². The van der Waals surface area contributed by atoms with Crippen LogP contribution in [0.4, 0.5) is 11.4 Å². The summed E-state index contributed by atoms with van der Waals surface area (Å²) in [5, 5.41) is 22.1. The van der Waals surface area contributed by atoms with Crippen molar-refractivity contribution in [2.75, 3.05) is 18.5 Å². The highest BCUT2D eigenvalue weighted by molar-refractivity contribution is 5.75. The molecule has 0 spiro atoms. The van der Waals surface area contributed by atoms with E-state index >= 15 is 0 Å². The van der Waals surface area contributed by atoms with Gasteiger partial charge in [-0.1, -0.05) is 0 Å². The first-order valence-corrected chi connectivity index (χ1v) is 5.16. The second kappa shape index (κ2) is 6.20. The molecule has 0 amide bonds. The lowest BCUT2D eigenvalue weighted by Crippen LogP contribution is -2.16. The lowest BCUT2D eigenvalue weighted by Gasteiger charge is -2.06. The van der Waals surface area contributed by atoms with Gasteiger partial charge in [0, 0.05) is 11.8 Å². The van der Waals surface area contributed by atoms with Crippen molar-refractivity contribution in [2.24, 2.45) is 0 Å². The Kier molecular flexibility index (Phi) is 4.63. The molecule has 0 unspecified atom stereocenters. The molecule has 1 N–H and O–H groups in total. The number of anilines is 1. The number of carbonyl (C=O) groups is 1. The summed E-state index contributed by atoms with van der Waals surface area (Å²) in [4.78, 5) is 21.1. The van der Waals surface area contributed by atoms with E-state index in [0.29, 0.717) is 5.69 Å². The Morgan fingerprint density at radius 1 is 1.61 bits per heavy atom. The van der Waals surface area contributed by atoms with Crippen LogP contribution in [0.25, 0.3) is 0 Å². The Balaban J connectivity index is 2.78. The van der Waals surface area contributed by atoms with Crippen LogP contribution in [0.2, 0.25) is 0 Å². The third kappa shape index (κ3) is 3.45. The molecular weight excluding hydrogens is 238 g/mol. The Morgan fingerprint density at radius 3 is 2.89 bits per heavy atom. The minimum absolute atomic E-state index is 0.0590. The average Bonchev–Trinajstić information content (AvgIpc) is 2.36. The Morgan fingerprint density at radius 2 is 2.33 bits per heavy atom. The maximum absolute atomic E-state index is 11.1. The standard InChI is InChI=1S/C11H11N3O4/c1-2-18-11(15)7-13-9-3-4-10(14(16)17)8(5-9)6-12/h3-5,13H,2,7H2,1H3. The van der Waals surface area contributed by atoms with Gasteiger partial charge in [-0.15, -0.1) is 0 Å². The first kappa shape index (κ1) is 13.4. The van der Waals surface area contributed by atoms with E-state index in [1.807, 2.05) is 0 Å². The SMILES string of the molecule is CCOC(=O)CNc1ccc([N+](=O)[O-])c(C#N)c1. The summed E-state index contributed by atoms with van der Waals surface area (Å²) in [5.74, 6) is -0.436. The molecule has 1 rings (SSSR count). The Labute approximate surface area is 103 Å². The van der Waals surface area contributed by atoms with Crippen LogP contribution in [-0.4, -0.2) is 24.0 Å². The Hall–Kier alpha value is -2.62. The van der Waals surface area contributed by atoms with Crippen molar-refractivity contribution in [1.29, 1.82) is 5.26 Å².